The SMILES string of the molecule is CCCC[C@@H](N)c1cccc(C(C)C)c1.Cl. The minimum atomic E-state index is 0. The highest BCUT2D eigenvalue weighted by Crippen LogP contribution is 2.21. The van der Waals surface area contributed by atoms with Gasteiger partial charge in [-0.15, -0.1) is 12.4 Å². The maximum Gasteiger partial charge on any atom is 0.0294 e. The molecule has 1 nitrogen and oxygen atoms in total. The predicted octanol–water partition coefficient (Wildman–Crippen LogP) is 4.42. The highest BCUT2D eigenvalue weighted by molar-refractivity contribution is 5.85. The predicted molar refractivity (Wildman–Crippen MR) is 74.2 cm³/mol. The molecule has 0 amide bonds. The van der Waals surface area contributed by atoms with Gasteiger partial charge < -0.3 is 5.73 Å². The second-order valence-electron chi connectivity index (χ2n) is 4.57. The summed E-state index contributed by atoms with van der Waals surface area (Å²) in [5, 5.41) is 0. The molecule has 0 unspecified atom stereocenters. The molecule has 1 rings (SSSR count). The van der Waals surface area contributed by atoms with Crippen molar-refractivity contribution in [2.75, 3.05) is 0 Å². The first-order valence-corrected chi connectivity index (χ1v) is 6.00. The van der Waals surface area contributed by atoms with Gasteiger partial charge in [0.25, 0.3) is 0 Å². The number of hydrogen-bond acceptors (Lipinski definition) is 1. The van der Waals surface area contributed by atoms with Crippen molar-refractivity contribution in [1.82, 2.24) is 0 Å². The quantitative estimate of drug-likeness (QED) is 0.811. The van der Waals surface area contributed by atoms with E-state index in [4.69, 9.17) is 5.73 Å². The van der Waals surface area contributed by atoms with Crippen molar-refractivity contribution in [2.45, 2.75) is 52.0 Å². The van der Waals surface area contributed by atoms with E-state index in [1.807, 2.05) is 0 Å². The molecule has 0 saturated carbocycles. The Morgan fingerprint density at radius 1 is 1.19 bits per heavy atom. The highest BCUT2D eigenvalue weighted by Gasteiger charge is 2.07. The smallest absolute Gasteiger partial charge is 0.0294 e. The van der Waals surface area contributed by atoms with Crippen molar-refractivity contribution in [3.8, 4) is 0 Å². The Hall–Kier alpha value is -0.530. The fourth-order valence-corrected chi connectivity index (χ4v) is 1.74. The molecule has 2 heteroatoms. The lowest BCUT2D eigenvalue weighted by molar-refractivity contribution is 0.602. The summed E-state index contributed by atoms with van der Waals surface area (Å²) in [7, 11) is 0. The summed E-state index contributed by atoms with van der Waals surface area (Å²) in [5.74, 6) is 0.586. The molecule has 0 bridgehead atoms. The van der Waals surface area contributed by atoms with Gasteiger partial charge in [0.2, 0.25) is 0 Å². The molecule has 0 aliphatic carbocycles. The van der Waals surface area contributed by atoms with Crippen molar-refractivity contribution in [3.05, 3.63) is 35.4 Å². The zero-order valence-electron chi connectivity index (χ0n) is 10.6. The third-order valence-corrected chi connectivity index (χ3v) is 2.87. The average Bonchev–Trinajstić information content (AvgIpc) is 2.26. The first-order valence-electron chi connectivity index (χ1n) is 6.00. The maximum absolute atomic E-state index is 6.15. The molecule has 0 fully saturated rings. The van der Waals surface area contributed by atoms with E-state index in [9.17, 15) is 0 Å². The molecule has 0 heterocycles. The van der Waals surface area contributed by atoms with Gasteiger partial charge in [0.1, 0.15) is 0 Å². The minimum Gasteiger partial charge on any atom is -0.324 e. The van der Waals surface area contributed by atoms with Crippen LogP contribution >= 0.6 is 12.4 Å². The maximum atomic E-state index is 6.15. The summed E-state index contributed by atoms with van der Waals surface area (Å²) < 4.78 is 0. The van der Waals surface area contributed by atoms with Gasteiger partial charge in [-0.1, -0.05) is 57.9 Å². The summed E-state index contributed by atoms with van der Waals surface area (Å²) in [6, 6.07) is 8.91. The summed E-state index contributed by atoms with van der Waals surface area (Å²) in [5.41, 5.74) is 8.83. The van der Waals surface area contributed by atoms with Crippen LogP contribution in [0.5, 0.6) is 0 Å². The van der Waals surface area contributed by atoms with Crippen LogP contribution in [0.1, 0.15) is 63.1 Å². The number of rotatable bonds is 5. The average molecular weight is 242 g/mol. The fourth-order valence-electron chi connectivity index (χ4n) is 1.74. The van der Waals surface area contributed by atoms with Crippen molar-refractivity contribution >= 4 is 12.4 Å². The van der Waals surface area contributed by atoms with Crippen LogP contribution in [-0.2, 0) is 0 Å². The van der Waals surface area contributed by atoms with E-state index in [0.717, 1.165) is 6.42 Å². The number of benzene rings is 1. The monoisotopic (exact) mass is 241 g/mol. The molecular weight excluding hydrogens is 218 g/mol. The molecule has 0 aromatic heterocycles. The molecule has 0 aliphatic heterocycles. The van der Waals surface area contributed by atoms with Crippen LogP contribution in [-0.4, -0.2) is 0 Å². The van der Waals surface area contributed by atoms with Crippen molar-refractivity contribution in [3.63, 3.8) is 0 Å². The first kappa shape index (κ1) is 15.5. The van der Waals surface area contributed by atoms with Gasteiger partial charge in [-0.05, 0) is 23.5 Å². The normalized spacial score (nSPS) is 12.3. The fraction of sp³-hybridized carbons (Fsp3) is 0.571. The second kappa shape index (κ2) is 7.70. The first-order chi connectivity index (χ1) is 7.15. The van der Waals surface area contributed by atoms with Gasteiger partial charge in [0.05, 0.1) is 0 Å². The van der Waals surface area contributed by atoms with Gasteiger partial charge in [-0.25, -0.2) is 0 Å². The molecule has 92 valence electrons. The molecule has 0 spiro atoms. The Balaban J connectivity index is 0.00000225. The highest BCUT2D eigenvalue weighted by atomic mass is 35.5. The number of nitrogens with two attached hydrogens (primary N) is 1. The van der Waals surface area contributed by atoms with E-state index < -0.39 is 0 Å². The third-order valence-electron chi connectivity index (χ3n) is 2.87. The Bertz CT molecular complexity index is 297. The Morgan fingerprint density at radius 3 is 2.38 bits per heavy atom. The van der Waals surface area contributed by atoms with Gasteiger partial charge >= 0.3 is 0 Å². The van der Waals surface area contributed by atoms with Crippen molar-refractivity contribution in [2.24, 2.45) is 5.73 Å². The molecular formula is C14H24ClN. The van der Waals surface area contributed by atoms with Crippen LogP contribution in [0.15, 0.2) is 24.3 Å². The topological polar surface area (TPSA) is 26.0 Å². The van der Waals surface area contributed by atoms with Crippen LogP contribution in [0.2, 0.25) is 0 Å². The van der Waals surface area contributed by atoms with Gasteiger partial charge in [0, 0.05) is 6.04 Å². The van der Waals surface area contributed by atoms with Crippen LogP contribution in [0.3, 0.4) is 0 Å². The minimum absolute atomic E-state index is 0. The Morgan fingerprint density at radius 2 is 1.81 bits per heavy atom. The molecule has 1 aromatic rings. The molecule has 0 aliphatic rings. The summed E-state index contributed by atoms with van der Waals surface area (Å²) in [6.45, 7) is 6.64. The zero-order chi connectivity index (χ0) is 11.3. The van der Waals surface area contributed by atoms with Gasteiger partial charge in [-0.2, -0.15) is 0 Å². The summed E-state index contributed by atoms with van der Waals surface area (Å²) >= 11 is 0. The number of halogens is 1. The zero-order valence-corrected chi connectivity index (χ0v) is 11.4. The lowest BCUT2D eigenvalue weighted by Gasteiger charge is -2.14. The van der Waals surface area contributed by atoms with Crippen LogP contribution < -0.4 is 5.73 Å². The molecule has 0 saturated heterocycles. The van der Waals surface area contributed by atoms with Crippen LogP contribution in [0.4, 0.5) is 0 Å². The number of hydrogen-bond donors (Lipinski definition) is 1. The standard InChI is InChI=1S/C14H23N.ClH/c1-4-5-9-14(15)13-8-6-7-12(10-13)11(2)3;/h6-8,10-11,14H,4-5,9,15H2,1-3H3;1H/t14-;/m1./s1. The molecule has 16 heavy (non-hydrogen) atoms. The summed E-state index contributed by atoms with van der Waals surface area (Å²) in [4.78, 5) is 0. The second-order valence-corrected chi connectivity index (χ2v) is 4.57. The summed E-state index contributed by atoms with van der Waals surface area (Å²) in [6.07, 6.45) is 3.53. The third kappa shape index (κ3) is 4.54. The van der Waals surface area contributed by atoms with Crippen molar-refractivity contribution < 1.29 is 0 Å². The van der Waals surface area contributed by atoms with E-state index in [0.29, 0.717) is 5.92 Å². The van der Waals surface area contributed by atoms with Gasteiger partial charge in [-0.3, -0.25) is 0 Å². The molecule has 0 radical (unpaired) electrons. The Kier molecular flexibility index (Phi) is 7.44. The molecule has 2 N–H and O–H groups in total. The van der Waals surface area contributed by atoms with Crippen molar-refractivity contribution in [1.29, 1.82) is 0 Å². The van der Waals surface area contributed by atoms with Gasteiger partial charge in [0.15, 0.2) is 0 Å². The van der Waals surface area contributed by atoms with E-state index >= 15 is 0 Å². The van der Waals surface area contributed by atoms with E-state index in [-0.39, 0.29) is 18.4 Å². The lowest BCUT2D eigenvalue weighted by Crippen LogP contribution is -2.10. The largest absolute Gasteiger partial charge is 0.324 e. The molecule has 1 atom stereocenters. The van der Waals surface area contributed by atoms with E-state index in [1.165, 1.54) is 24.0 Å². The lowest BCUT2D eigenvalue weighted by atomic mass is 9.96. The van der Waals surface area contributed by atoms with Crippen LogP contribution in [0.25, 0.3) is 0 Å². The van der Waals surface area contributed by atoms with E-state index in [2.05, 4.69) is 45.0 Å². The Labute approximate surface area is 106 Å². The van der Waals surface area contributed by atoms with E-state index in [1.54, 1.807) is 0 Å². The number of unbranched alkanes of at least 4 members (excludes halogenated alkanes) is 1. The molecule has 1 aromatic carbocycles. The van der Waals surface area contributed by atoms with Crippen LogP contribution in [0, 0.1) is 0 Å².